The van der Waals surface area contributed by atoms with Gasteiger partial charge < -0.3 is 4.90 Å². The van der Waals surface area contributed by atoms with Gasteiger partial charge in [-0.25, -0.2) is 9.97 Å². The monoisotopic (exact) mass is 388 g/mol. The van der Waals surface area contributed by atoms with E-state index in [0.717, 1.165) is 56.1 Å². The molecule has 5 nitrogen and oxygen atoms in total. The number of benzene rings is 1. The van der Waals surface area contributed by atoms with Gasteiger partial charge in [0, 0.05) is 43.5 Å². The Morgan fingerprint density at radius 1 is 1.14 bits per heavy atom. The van der Waals surface area contributed by atoms with Crippen LogP contribution in [0.15, 0.2) is 60.9 Å². The first-order valence-corrected chi connectivity index (χ1v) is 10.5. The zero-order valence-electron chi connectivity index (χ0n) is 17.0. The molecule has 1 saturated heterocycles. The molecule has 1 fully saturated rings. The van der Waals surface area contributed by atoms with Gasteiger partial charge in [0.15, 0.2) is 0 Å². The van der Waals surface area contributed by atoms with Crippen molar-refractivity contribution in [2.24, 2.45) is 0 Å². The first kappa shape index (κ1) is 19.4. The number of aromatic nitrogens is 3. The molecule has 1 atom stereocenters. The molecule has 0 unspecified atom stereocenters. The molecule has 1 aliphatic heterocycles. The molecule has 150 valence electrons. The molecule has 29 heavy (non-hydrogen) atoms. The van der Waals surface area contributed by atoms with Gasteiger partial charge >= 0.3 is 0 Å². The minimum absolute atomic E-state index is 0.271. The molecule has 1 aromatic carbocycles. The van der Waals surface area contributed by atoms with E-state index in [2.05, 4.69) is 41.4 Å². The standard InChI is InChI=1S/C24H28N4O/c1-19-25-15-17-28(19)23-13-6-12-22(26-23)21-11-7-16-27(18-21)24(29)14-5-10-20-8-3-2-4-9-20/h2-4,6,8-9,12-13,15,17,21H,5,7,10-11,14,16,18H2,1H3/t21-/m1/s1. The van der Waals surface area contributed by atoms with E-state index >= 15 is 0 Å². The molecule has 3 heterocycles. The molecule has 2 aromatic heterocycles. The predicted molar refractivity (Wildman–Crippen MR) is 114 cm³/mol. The molecule has 0 aliphatic carbocycles. The Kier molecular flexibility index (Phi) is 6.03. The number of rotatable bonds is 6. The van der Waals surface area contributed by atoms with Crippen LogP contribution in [0.5, 0.6) is 0 Å². The van der Waals surface area contributed by atoms with Crippen molar-refractivity contribution < 1.29 is 4.79 Å². The first-order valence-electron chi connectivity index (χ1n) is 10.5. The second kappa shape index (κ2) is 9.03. The lowest BCUT2D eigenvalue weighted by molar-refractivity contribution is -0.132. The molecule has 0 N–H and O–H groups in total. The van der Waals surface area contributed by atoms with Crippen LogP contribution in [0.25, 0.3) is 5.82 Å². The number of aryl methyl sites for hydroxylation is 2. The summed E-state index contributed by atoms with van der Waals surface area (Å²) in [5, 5.41) is 0. The number of hydrogen-bond acceptors (Lipinski definition) is 3. The third-order valence-electron chi connectivity index (χ3n) is 5.72. The highest BCUT2D eigenvalue weighted by molar-refractivity contribution is 5.76. The summed E-state index contributed by atoms with van der Waals surface area (Å²) in [5.41, 5.74) is 2.37. The number of likely N-dealkylation sites (tertiary alicyclic amines) is 1. The van der Waals surface area contributed by atoms with Gasteiger partial charge in [0.25, 0.3) is 0 Å². The summed E-state index contributed by atoms with van der Waals surface area (Å²) in [6.07, 6.45) is 8.31. The Balaban J connectivity index is 1.37. The third kappa shape index (κ3) is 4.73. The van der Waals surface area contributed by atoms with Gasteiger partial charge in [-0.05, 0) is 50.3 Å². The molecule has 0 spiro atoms. The van der Waals surface area contributed by atoms with Gasteiger partial charge in [-0.1, -0.05) is 36.4 Å². The van der Waals surface area contributed by atoms with Crippen molar-refractivity contribution in [2.45, 2.75) is 44.9 Å². The zero-order valence-corrected chi connectivity index (χ0v) is 17.0. The van der Waals surface area contributed by atoms with Gasteiger partial charge in [0.2, 0.25) is 5.91 Å². The quantitative estimate of drug-likeness (QED) is 0.632. The Bertz CT molecular complexity index is 950. The van der Waals surface area contributed by atoms with Crippen LogP contribution in [0.4, 0.5) is 0 Å². The van der Waals surface area contributed by atoms with Crippen molar-refractivity contribution in [1.29, 1.82) is 0 Å². The molecule has 1 amide bonds. The maximum atomic E-state index is 12.8. The molecule has 0 saturated carbocycles. The number of carbonyl (C=O) groups is 1. The van der Waals surface area contributed by atoms with Gasteiger partial charge in [-0.2, -0.15) is 0 Å². The van der Waals surface area contributed by atoms with E-state index in [4.69, 9.17) is 4.98 Å². The topological polar surface area (TPSA) is 51.0 Å². The van der Waals surface area contributed by atoms with Crippen LogP contribution in [0.2, 0.25) is 0 Å². The van der Waals surface area contributed by atoms with Crippen molar-refractivity contribution in [3.05, 3.63) is 78.0 Å². The van der Waals surface area contributed by atoms with E-state index in [9.17, 15) is 4.79 Å². The Morgan fingerprint density at radius 2 is 2.00 bits per heavy atom. The van der Waals surface area contributed by atoms with Crippen LogP contribution in [0, 0.1) is 6.92 Å². The largest absolute Gasteiger partial charge is 0.342 e. The maximum Gasteiger partial charge on any atom is 0.222 e. The third-order valence-corrected chi connectivity index (χ3v) is 5.72. The number of nitrogens with zero attached hydrogens (tertiary/aromatic N) is 4. The fourth-order valence-corrected chi connectivity index (χ4v) is 4.11. The van der Waals surface area contributed by atoms with E-state index in [1.807, 2.05) is 34.7 Å². The number of amides is 1. The lowest BCUT2D eigenvalue weighted by Gasteiger charge is -2.32. The zero-order chi connectivity index (χ0) is 20.1. The summed E-state index contributed by atoms with van der Waals surface area (Å²) >= 11 is 0. The van der Waals surface area contributed by atoms with Crippen LogP contribution < -0.4 is 0 Å². The molecule has 1 aliphatic rings. The minimum atomic E-state index is 0.271. The highest BCUT2D eigenvalue weighted by Crippen LogP contribution is 2.27. The highest BCUT2D eigenvalue weighted by Gasteiger charge is 2.25. The normalized spacial score (nSPS) is 16.7. The minimum Gasteiger partial charge on any atom is -0.342 e. The average molecular weight is 389 g/mol. The van der Waals surface area contributed by atoms with E-state index < -0.39 is 0 Å². The van der Waals surface area contributed by atoms with E-state index in [-0.39, 0.29) is 5.91 Å². The molecule has 4 rings (SSSR count). The predicted octanol–water partition coefficient (Wildman–Crippen LogP) is 4.30. The molecule has 5 heteroatoms. The lowest BCUT2D eigenvalue weighted by Crippen LogP contribution is -2.39. The van der Waals surface area contributed by atoms with Crippen LogP contribution in [-0.2, 0) is 11.2 Å². The summed E-state index contributed by atoms with van der Waals surface area (Å²) in [6, 6.07) is 16.5. The fraction of sp³-hybridized carbons (Fsp3) is 0.375. The van der Waals surface area contributed by atoms with Crippen molar-refractivity contribution in [2.75, 3.05) is 13.1 Å². The second-order valence-electron chi connectivity index (χ2n) is 7.78. The molecule has 3 aromatic rings. The summed E-state index contributed by atoms with van der Waals surface area (Å²) in [4.78, 5) is 24.0. The van der Waals surface area contributed by atoms with Crippen LogP contribution in [0.3, 0.4) is 0 Å². The van der Waals surface area contributed by atoms with E-state index in [0.29, 0.717) is 12.3 Å². The second-order valence-corrected chi connectivity index (χ2v) is 7.78. The summed E-state index contributed by atoms with van der Waals surface area (Å²) in [5.74, 6) is 2.38. The average Bonchev–Trinajstić information content (AvgIpc) is 3.20. The Morgan fingerprint density at radius 3 is 2.79 bits per heavy atom. The molecular formula is C24H28N4O. The summed E-state index contributed by atoms with van der Waals surface area (Å²) in [6.45, 7) is 3.61. The van der Waals surface area contributed by atoms with E-state index in [1.54, 1.807) is 6.20 Å². The molecule has 0 radical (unpaired) electrons. The molecule has 0 bridgehead atoms. The number of pyridine rings is 1. The van der Waals surface area contributed by atoms with Crippen molar-refractivity contribution >= 4 is 5.91 Å². The smallest absolute Gasteiger partial charge is 0.222 e. The SMILES string of the molecule is Cc1nccn1-c1cccc([C@@H]2CCCN(C(=O)CCCc3ccccc3)C2)n1. The fourth-order valence-electron chi connectivity index (χ4n) is 4.11. The van der Waals surface area contributed by atoms with Gasteiger partial charge in [0.05, 0.1) is 0 Å². The Hall–Kier alpha value is -2.95. The number of imidazole rings is 1. The van der Waals surface area contributed by atoms with Gasteiger partial charge in [-0.15, -0.1) is 0 Å². The highest BCUT2D eigenvalue weighted by atomic mass is 16.2. The van der Waals surface area contributed by atoms with Crippen LogP contribution >= 0.6 is 0 Å². The van der Waals surface area contributed by atoms with Gasteiger partial charge in [0.1, 0.15) is 11.6 Å². The summed E-state index contributed by atoms with van der Waals surface area (Å²) in [7, 11) is 0. The van der Waals surface area contributed by atoms with Crippen molar-refractivity contribution in [3.8, 4) is 5.82 Å². The lowest BCUT2D eigenvalue weighted by atomic mass is 9.94. The first-order chi connectivity index (χ1) is 14.2. The number of carbonyl (C=O) groups excluding carboxylic acids is 1. The number of hydrogen-bond donors (Lipinski definition) is 0. The van der Waals surface area contributed by atoms with Crippen LogP contribution in [-0.4, -0.2) is 38.4 Å². The van der Waals surface area contributed by atoms with Crippen LogP contribution in [0.1, 0.15) is 48.7 Å². The Labute approximate surface area is 172 Å². The number of piperidine rings is 1. The van der Waals surface area contributed by atoms with Gasteiger partial charge in [-0.3, -0.25) is 9.36 Å². The molecular weight excluding hydrogens is 360 g/mol. The van der Waals surface area contributed by atoms with Crippen molar-refractivity contribution in [3.63, 3.8) is 0 Å². The van der Waals surface area contributed by atoms with E-state index in [1.165, 1.54) is 5.56 Å². The summed E-state index contributed by atoms with van der Waals surface area (Å²) < 4.78 is 2.00. The van der Waals surface area contributed by atoms with Crippen molar-refractivity contribution in [1.82, 2.24) is 19.4 Å². The maximum absolute atomic E-state index is 12.8.